The highest BCUT2D eigenvalue weighted by atomic mass is 19.2. The van der Waals surface area contributed by atoms with Gasteiger partial charge in [-0.05, 0) is 42.2 Å². The van der Waals surface area contributed by atoms with Crippen LogP contribution in [-0.4, -0.2) is 27.4 Å². The lowest BCUT2D eigenvalue weighted by atomic mass is 9.90. The normalized spacial score (nSPS) is 15.1. The summed E-state index contributed by atoms with van der Waals surface area (Å²) in [7, 11) is 3.03. The molecule has 0 aromatic carbocycles. The van der Waals surface area contributed by atoms with E-state index in [1.54, 1.807) is 14.0 Å². The van der Waals surface area contributed by atoms with E-state index in [4.69, 9.17) is 9.47 Å². The van der Waals surface area contributed by atoms with Crippen molar-refractivity contribution in [2.24, 2.45) is 11.8 Å². The predicted molar refractivity (Wildman–Crippen MR) is 116 cm³/mol. The number of hydrogen-bond donors (Lipinski definition) is 0. The third-order valence-electron chi connectivity index (χ3n) is 4.98. The van der Waals surface area contributed by atoms with Crippen LogP contribution in [0.4, 0.5) is 17.6 Å². The molecule has 2 nitrogen and oxygen atoms in total. The van der Waals surface area contributed by atoms with Crippen molar-refractivity contribution in [3.8, 4) is 0 Å². The van der Waals surface area contributed by atoms with Crippen molar-refractivity contribution in [2.75, 3.05) is 27.4 Å². The average Bonchev–Trinajstić information content (AvgIpc) is 2.75. The van der Waals surface area contributed by atoms with Crippen molar-refractivity contribution in [2.45, 2.75) is 39.5 Å². The molecule has 0 aliphatic rings. The fraction of sp³-hybridized carbons (Fsp3) is 0.500. The van der Waals surface area contributed by atoms with E-state index in [1.165, 1.54) is 7.11 Å². The first-order chi connectivity index (χ1) is 14.0. The molecule has 2 atom stereocenters. The van der Waals surface area contributed by atoms with E-state index in [-0.39, 0.29) is 30.1 Å². The number of methoxy groups -OCH3 is 2. The van der Waals surface area contributed by atoms with Crippen LogP contribution in [0.1, 0.15) is 39.5 Å². The van der Waals surface area contributed by atoms with Crippen LogP contribution in [-0.2, 0) is 9.47 Å². The monoisotopic (exact) mass is 430 g/mol. The van der Waals surface area contributed by atoms with Crippen molar-refractivity contribution in [1.29, 1.82) is 0 Å². The van der Waals surface area contributed by atoms with E-state index < -0.39 is 34.5 Å². The first-order valence-corrected chi connectivity index (χ1v) is 9.84. The maximum absolute atomic E-state index is 14.6. The van der Waals surface area contributed by atoms with E-state index in [2.05, 4.69) is 33.2 Å². The van der Waals surface area contributed by atoms with Crippen molar-refractivity contribution in [3.63, 3.8) is 0 Å². The number of ether oxygens (including phenoxy) is 2. The van der Waals surface area contributed by atoms with Crippen LogP contribution in [0.5, 0.6) is 0 Å². The molecular formula is C24H34F4O2. The molecule has 0 rings (SSSR count). The summed E-state index contributed by atoms with van der Waals surface area (Å²) in [5.41, 5.74) is -1.60. The Balaban J connectivity index is 5.23. The second-order valence-electron chi connectivity index (χ2n) is 7.45. The van der Waals surface area contributed by atoms with Gasteiger partial charge in [0.1, 0.15) is 0 Å². The zero-order chi connectivity index (χ0) is 23.4. The van der Waals surface area contributed by atoms with Crippen LogP contribution in [0, 0.1) is 11.8 Å². The Kier molecular flexibility index (Phi) is 13.2. The highest BCUT2D eigenvalue weighted by Crippen LogP contribution is 2.35. The summed E-state index contributed by atoms with van der Waals surface area (Å²) in [6, 6.07) is 0. The van der Waals surface area contributed by atoms with Gasteiger partial charge >= 0.3 is 0 Å². The van der Waals surface area contributed by atoms with Gasteiger partial charge < -0.3 is 9.47 Å². The fourth-order valence-electron chi connectivity index (χ4n) is 2.55. The minimum absolute atomic E-state index is 0.0410. The van der Waals surface area contributed by atoms with Crippen LogP contribution in [0.25, 0.3) is 0 Å². The van der Waals surface area contributed by atoms with Gasteiger partial charge in [-0.15, -0.1) is 0 Å². The molecule has 0 aromatic rings. The number of rotatable bonds is 15. The molecule has 0 aromatic heterocycles. The highest BCUT2D eigenvalue weighted by molar-refractivity contribution is 5.53. The molecule has 170 valence electrons. The Morgan fingerprint density at radius 1 is 0.700 bits per heavy atom. The Morgan fingerprint density at radius 3 is 1.70 bits per heavy atom. The molecule has 0 aliphatic heterocycles. The zero-order valence-electron chi connectivity index (χ0n) is 18.6. The maximum atomic E-state index is 14.6. The first kappa shape index (κ1) is 28.1. The molecule has 0 radical (unpaired) electrons. The third kappa shape index (κ3) is 8.84. The quantitative estimate of drug-likeness (QED) is 0.196. The second-order valence-corrected chi connectivity index (χ2v) is 7.45. The largest absolute Gasteiger partial charge is 0.385 e. The van der Waals surface area contributed by atoms with Crippen LogP contribution in [0.2, 0.25) is 0 Å². The van der Waals surface area contributed by atoms with Gasteiger partial charge in [-0.3, -0.25) is 0 Å². The molecule has 0 spiro atoms. The molecule has 0 heterocycles. The molecule has 0 saturated carbocycles. The van der Waals surface area contributed by atoms with Gasteiger partial charge in [0.2, 0.25) is 0 Å². The van der Waals surface area contributed by atoms with Crippen molar-refractivity contribution >= 4 is 0 Å². The van der Waals surface area contributed by atoms with E-state index in [9.17, 15) is 17.6 Å². The zero-order valence-corrected chi connectivity index (χ0v) is 18.6. The van der Waals surface area contributed by atoms with E-state index in [0.29, 0.717) is 18.9 Å². The minimum atomic E-state index is -1.44. The summed E-state index contributed by atoms with van der Waals surface area (Å²) in [4.78, 5) is 0. The molecule has 0 saturated heterocycles. The van der Waals surface area contributed by atoms with Crippen LogP contribution in [0.3, 0.4) is 0 Å². The SMILES string of the molecule is C=C(CCOC)/C(F)=C(/F)C(=C)C(=C)/C(F)=C(/F)C(=C)C(C)CCC(C)CCOC. The van der Waals surface area contributed by atoms with E-state index >= 15 is 0 Å². The molecular weight excluding hydrogens is 396 g/mol. The molecule has 0 N–H and O–H groups in total. The molecule has 0 aliphatic carbocycles. The van der Waals surface area contributed by atoms with Crippen molar-refractivity contribution in [1.82, 2.24) is 0 Å². The predicted octanol–water partition coefficient (Wildman–Crippen LogP) is 7.64. The molecule has 2 unspecified atom stereocenters. The van der Waals surface area contributed by atoms with Gasteiger partial charge in [-0.1, -0.05) is 46.6 Å². The van der Waals surface area contributed by atoms with Crippen LogP contribution < -0.4 is 0 Å². The second kappa shape index (κ2) is 14.1. The van der Waals surface area contributed by atoms with E-state index in [0.717, 1.165) is 12.8 Å². The molecule has 30 heavy (non-hydrogen) atoms. The smallest absolute Gasteiger partial charge is 0.166 e. The topological polar surface area (TPSA) is 18.5 Å². The highest BCUT2D eigenvalue weighted by Gasteiger charge is 2.23. The summed E-state index contributed by atoms with van der Waals surface area (Å²) >= 11 is 0. The van der Waals surface area contributed by atoms with Gasteiger partial charge in [0.05, 0.1) is 6.61 Å². The summed E-state index contributed by atoms with van der Waals surface area (Å²) in [5.74, 6) is -5.34. The minimum Gasteiger partial charge on any atom is -0.385 e. The van der Waals surface area contributed by atoms with Crippen LogP contribution >= 0.6 is 0 Å². The summed E-state index contributed by atoms with van der Waals surface area (Å²) < 4.78 is 67.4. The number of hydrogen-bond acceptors (Lipinski definition) is 2. The Hall–Kier alpha value is -1.92. The van der Waals surface area contributed by atoms with Gasteiger partial charge in [-0.2, -0.15) is 0 Å². The summed E-state index contributed by atoms with van der Waals surface area (Å²) in [5, 5.41) is 0. The lowest BCUT2D eigenvalue weighted by Gasteiger charge is -2.17. The van der Waals surface area contributed by atoms with Gasteiger partial charge in [0.15, 0.2) is 23.3 Å². The van der Waals surface area contributed by atoms with Gasteiger partial charge in [0.25, 0.3) is 0 Å². The molecule has 0 fully saturated rings. The Labute approximate surface area is 178 Å². The number of halogens is 4. The fourth-order valence-corrected chi connectivity index (χ4v) is 2.55. The van der Waals surface area contributed by atoms with Crippen molar-refractivity contribution < 1.29 is 27.0 Å². The van der Waals surface area contributed by atoms with Crippen molar-refractivity contribution in [3.05, 3.63) is 71.9 Å². The maximum Gasteiger partial charge on any atom is 0.166 e. The van der Waals surface area contributed by atoms with Gasteiger partial charge in [-0.25, -0.2) is 17.6 Å². The molecule has 6 heteroatoms. The lowest BCUT2D eigenvalue weighted by Crippen LogP contribution is -2.06. The Bertz CT molecular complexity index is 704. The third-order valence-corrected chi connectivity index (χ3v) is 4.98. The molecule has 0 bridgehead atoms. The lowest BCUT2D eigenvalue weighted by molar-refractivity contribution is 0.177. The first-order valence-electron chi connectivity index (χ1n) is 9.84. The summed E-state index contributed by atoms with van der Waals surface area (Å²) in [6.07, 6.45) is 2.30. The van der Waals surface area contributed by atoms with Gasteiger partial charge in [0, 0.05) is 32.0 Å². The van der Waals surface area contributed by atoms with Crippen LogP contribution in [0.15, 0.2) is 71.9 Å². The number of allylic oxidation sites excluding steroid dienone is 7. The average molecular weight is 431 g/mol. The molecule has 0 amide bonds. The Morgan fingerprint density at radius 2 is 1.20 bits per heavy atom. The standard InChI is InChI=1S/C24H34F4O2/c1-15(11-13-29-7)9-10-16(2)18(4)22(26)24(28)20(6)19(5)23(27)21(25)17(3)12-14-30-8/h15-16H,3-6,9-14H2,1-2,7-8H3/b23-21-,24-22-. The summed E-state index contributed by atoms with van der Waals surface area (Å²) in [6.45, 7) is 18.2. The van der Waals surface area contributed by atoms with E-state index in [1.807, 2.05) is 0 Å².